The maximum Gasteiger partial charge on any atom is 0.248 e. The first-order chi connectivity index (χ1) is 11.0. The van der Waals surface area contributed by atoms with Gasteiger partial charge in [0.2, 0.25) is 5.91 Å². The Bertz CT molecular complexity index is 646. The van der Waals surface area contributed by atoms with E-state index in [-0.39, 0.29) is 28.7 Å². The number of rotatable bonds is 3. The third-order valence-electron chi connectivity index (χ3n) is 5.85. The molecule has 0 aromatic heterocycles. The first-order valence-electron chi connectivity index (χ1n) is 8.74. The highest BCUT2D eigenvalue weighted by Crippen LogP contribution is 2.51. The van der Waals surface area contributed by atoms with Gasteiger partial charge in [-0.15, -0.1) is 0 Å². The normalized spacial score (nSPS) is 42.6. The number of aliphatic imine (C=N–C) groups is 1. The number of carbonyl (C=O) groups is 1. The minimum atomic E-state index is -2.95. The van der Waals surface area contributed by atoms with Gasteiger partial charge in [-0.3, -0.25) is 4.79 Å². The maximum absolute atomic E-state index is 12.0. The summed E-state index contributed by atoms with van der Waals surface area (Å²) in [5, 5.41) is 0.873. The van der Waals surface area contributed by atoms with Crippen molar-refractivity contribution in [3.05, 3.63) is 0 Å². The molecule has 5 nitrogen and oxygen atoms in total. The fourth-order valence-electron chi connectivity index (χ4n) is 4.91. The molecule has 1 amide bonds. The van der Waals surface area contributed by atoms with E-state index in [2.05, 4.69) is 9.89 Å². The summed E-state index contributed by atoms with van der Waals surface area (Å²) < 4.78 is 24.1. The molecule has 2 saturated carbocycles. The van der Waals surface area contributed by atoms with Crippen LogP contribution in [-0.2, 0) is 14.6 Å². The Balaban J connectivity index is 1.63. The second kappa shape index (κ2) is 5.76. The highest BCUT2D eigenvalue weighted by Gasteiger charge is 2.54. The highest BCUT2D eigenvalue weighted by atomic mass is 32.2. The maximum atomic E-state index is 12.0. The van der Waals surface area contributed by atoms with Gasteiger partial charge in [-0.05, 0) is 37.5 Å². The van der Waals surface area contributed by atoms with Crippen LogP contribution in [0.1, 0.15) is 45.4 Å². The molecule has 5 atom stereocenters. The van der Waals surface area contributed by atoms with Crippen molar-refractivity contribution < 1.29 is 13.2 Å². The lowest BCUT2D eigenvalue weighted by Crippen LogP contribution is -2.47. The van der Waals surface area contributed by atoms with Crippen molar-refractivity contribution in [2.45, 2.75) is 62.8 Å². The van der Waals surface area contributed by atoms with Crippen LogP contribution in [0.5, 0.6) is 0 Å². The number of fused-ring (bicyclic) bond motifs is 3. The van der Waals surface area contributed by atoms with Crippen LogP contribution in [0, 0.1) is 11.8 Å². The molecule has 0 aromatic carbocycles. The second-order valence-electron chi connectivity index (χ2n) is 7.49. The van der Waals surface area contributed by atoms with Gasteiger partial charge in [-0.1, -0.05) is 25.1 Å². The summed E-state index contributed by atoms with van der Waals surface area (Å²) >= 11 is 1.54. The zero-order chi connectivity index (χ0) is 16.2. The Kier molecular flexibility index (Phi) is 3.99. The molecule has 4 rings (SSSR count). The lowest BCUT2D eigenvalue weighted by molar-refractivity contribution is -0.117. The number of sulfone groups is 1. The molecule has 23 heavy (non-hydrogen) atoms. The van der Waals surface area contributed by atoms with E-state index in [4.69, 9.17) is 0 Å². The fourth-order valence-corrected chi connectivity index (χ4v) is 8.90. The Hall–Kier alpha value is -0.560. The summed E-state index contributed by atoms with van der Waals surface area (Å²) in [6, 6.07) is 0.431. The van der Waals surface area contributed by atoms with E-state index >= 15 is 0 Å². The SMILES string of the molecule is CCCC(=O)N=C1S[C@H]2CS(=O)(=O)C[C@H]2N1[C@@H]1C[C@@H]2CC[C@@H]1C2. The van der Waals surface area contributed by atoms with Crippen LogP contribution in [0.15, 0.2) is 4.99 Å². The van der Waals surface area contributed by atoms with E-state index in [1.165, 1.54) is 31.0 Å². The van der Waals surface area contributed by atoms with Crippen molar-refractivity contribution in [1.82, 2.24) is 4.90 Å². The number of amidine groups is 1. The van der Waals surface area contributed by atoms with Crippen LogP contribution in [-0.4, -0.2) is 53.2 Å². The zero-order valence-corrected chi connectivity index (χ0v) is 15.1. The van der Waals surface area contributed by atoms with Crippen molar-refractivity contribution in [2.24, 2.45) is 16.8 Å². The van der Waals surface area contributed by atoms with Gasteiger partial charge < -0.3 is 4.90 Å². The molecule has 0 N–H and O–H groups in total. The molecule has 2 saturated heterocycles. The van der Waals surface area contributed by atoms with Gasteiger partial charge in [0.1, 0.15) is 0 Å². The summed E-state index contributed by atoms with van der Waals surface area (Å²) in [6.07, 6.45) is 6.26. The van der Waals surface area contributed by atoms with Crippen LogP contribution in [0.3, 0.4) is 0 Å². The number of amides is 1. The fraction of sp³-hybridized carbons (Fsp3) is 0.875. The number of hydrogen-bond donors (Lipinski definition) is 0. The molecule has 0 spiro atoms. The van der Waals surface area contributed by atoms with E-state index in [9.17, 15) is 13.2 Å². The van der Waals surface area contributed by atoms with Crippen molar-refractivity contribution in [2.75, 3.05) is 11.5 Å². The second-order valence-corrected chi connectivity index (χ2v) is 10.8. The Morgan fingerprint density at radius 2 is 2.09 bits per heavy atom. The van der Waals surface area contributed by atoms with E-state index < -0.39 is 9.84 Å². The van der Waals surface area contributed by atoms with E-state index in [0.717, 1.165) is 23.9 Å². The molecule has 4 aliphatic rings. The average Bonchev–Trinajstić information content (AvgIpc) is 3.18. The van der Waals surface area contributed by atoms with Crippen molar-refractivity contribution in [1.29, 1.82) is 0 Å². The summed E-state index contributed by atoms with van der Waals surface area (Å²) in [6.45, 7) is 1.98. The smallest absolute Gasteiger partial charge is 0.248 e. The van der Waals surface area contributed by atoms with Gasteiger partial charge in [0.15, 0.2) is 15.0 Å². The van der Waals surface area contributed by atoms with Crippen molar-refractivity contribution in [3.63, 3.8) is 0 Å². The summed E-state index contributed by atoms with van der Waals surface area (Å²) in [4.78, 5) is 18.7. The molecule has 2 heterocycles. The Morgan fingerprint density at radius 3 is 2.74 bits per heavy atom. The minimum absolute atomic E-state index is 0.0301. The van der Waals surface area contributed by atoms with Crippen LogP contribution in [0.4, 0.5) is 0 Å². The largest absolute Gasteiger partial charge is 0.343 e. The van der Waals surface area contributed by atoms with Crippen LogP contribution in [0.25, 0.3) is 0 Å². The Labute approximate surface area is 142 Å². The standard InChI is InChI=1S/C16H24N2O3S2/c1-2-3-15(19)17-16-18(12-7-10-4-5-11(12)6-10)13-8-23(20,21)9-14(13)22-16/h10-14H,2-9H2,1H3/t10-,11-,12-,13-,14+/m1/s1. The number of thioether (sulfide) groups is 1. The minimum Gasteiger partial charge on any atom is -0.343 e. The highest BCUT2D eigenvalue weighted by molar-refractivity contribution is 8.15. The van der Waals surface area contributed by atoms with Gasteiger partial charge in [-0.2, -0.15) is 4.99 Å². The van der Waals surface area contributed by atoms with E-state index in [1.807, 2.05) is 6.92 Å². The molecule has 0 aromatic rings. The van der Waals surface area contributed by atoms with Gasteiger partial charge in [0, 0.05) is 17.7 Å². The molecular formula is C16H24N2O3S2. The molecule has 4 fully saturated rings. The predicted octanol–water partition coefficient (Wildman–Crippen LogP) is 2.07. The van der Waals surface area contributed by atoms with Gasteiger partial charge >= 0.3 is 0 Å². The molecule has 2 aliphatic carbocycles. The topological polar surface area (TPSA) is 66.8 Å². The molecule has 7 heteroatoms. The van der Waals surface area contributed by atoms with Crippen LogP contribution >= 0.6 is 11.8 Å². The Morgan fingerprint density at radius 1 is 1.26 bits per heavy atom. The summed E-state index contributed by atoms with van der Waals surface area (Å²) in [5.41, 5.74) is 0. The monoisotopic (exact) mass is 356 g/mol. The third-order valence-corrected chi connectivity index (χ3v) is 9.07. The molecule has 0 unspecified atom stereocenters. The van der Waals surface area contributed by atoms with E-state index in [0.29, 0.717) is 18.4 Å². The van der Waals surface area contributed by atoms with Gasteiger partial charge in [0.25, 0.3) is 0 Å². The number of carbonyl (C=O) groups excluding carboxylic acids is 1. The number of nitrogens with zero attached hydrogens (tertiary/aromatic N) is 2. The summed E-state index contributed by atoms with van der Waals surface area (Å²) in [5.74, 6) is 1.86. The van der Waals surface area contributed by atoms with Crippen LogP contribution < -0.4 is 0 Å². The lowest BCUT2D eigenvalue weighted by Gasteiger charge is -2.36. The average molecular weight is 357 g/mol. The van der Waals surface area contributed by atoms with E-state index in [1.54, 1.807) is 0 Å². The van der Waals surface area contributed by atoms with Crippen molar-refractivity contribution >= 4 is 32.7 Å². The quantitative estimate of drug-likeness (QED) is 0.774. The molecule has 2 bridgehead atoms. The molecule has 0 radical (unpaired) electrons. The predicted molar refractivity (Wildman–Crippen MR) is 92.2 cm³/mol. The molecular weight excluding hydrogens is 332 g/mol. The van der Waals surface area contributed by atoms with Crippen molar-refractivity contribution in [3.8, 4) is 0 Å². The zero-order valence-electron chi connectivity index (χ0n) is 13.5. The first kappa shape index (κ1) is 15.9. The van der Waals surface area contributed by atoms with Gasteiger partial charge in [-0.25, -0.2) is 8.42 Å². The number of hydrogen-bond acceptors (Lipinski definition) is 4. The molecule has 128 valence electrons. The lowest BCUT2D eigenvalue weighted by atomic mass is 9.93. The first-order valence-corrected chi connectivity index (χ1v) is 11.4. The summed E-state index contributed by atoms with van der Waals surface area (Å²) in [7, 11) is -2.95. The molecule has 2 aliphatic heterocycles. The van der Waals surface area contributed by atoms with Gasteiger partial charge in [0.05, 0.1) is 17.5 Å². The van der Waals surface area contributed by atoms with Crippen LogP contribution in [0.2, 0.25) is 0 Å². The third kappa shape index (κ3) is 2.84.